The van der Waals surface area contributed by atoms with Crippen LogP contribution in [0.3, 0.4) is 0 Å². The molecule has 13 heavy (non-hydrogen) atoms. The van der Waals surface area contributed by atoms with Crippen LogP contribution < -0.4 is 5.32 Å². The highest BCUT2D eigenvalue weighted by molar-refractivity contribution is 5.80. The molecule has 0 bridgehead atoms. The number of nitrogens with one attached hydrogen (secondary N) is 1. The molecule has 0 spiro atoms. The van der Waals surface area contributed by atoms with Crippen LogP contribution in [0.25, 0.3) is 0 Å². The topological polar surface area (TPSA) is 50.7 Å². The lowest BCUT2D eigenvalue weighted by atomic mass is 10.0. The summed E-state index contributed by atoms with van der Waals surface area (Å²) in [6.07, 6.45) is 5.08. The third-order valence-corrected chi connectivity index (χ3v) is 1.89. The SMILES string of the molecule is CCOC(=O)C(C)C1C=NC=CN1. The Kier molecular flexibility index (Phi) is 3.49. The van der Waals surface area contributed by atoms with E-state index in [1.165, 1.54) is 0 Å². The maximum absolute atomic E-state index is 11.3. The molecule has 1 heterocycles. The summed E-state index contributed by atoms with van der Waals surface area (Å²) in [5.41, 5.74) is 0. The molecule has 2 atom stereocenters. The Bertz CT molecular complexity index is 236. The summed E-state index contributed by atoms with van der Waals surface area (Å²) >= 11 is 0. The summed E-state index contributed by atoms with van der Waals surface area (Å²) in [6.45, 7) is 4.04. The minimum atomic E-state index is -0.200. The van der Waals surface area contributed by atoms with Gasteiger partial charge in [-0.1, -0.05) is 0 Å². The van der Waals surface area contributed by atoms with Crippen LogP contribution in [0, 0.1) is 5.92 Å². The van der Waals surface area contributed by atoms with Gasteiger partial charge in [-0.2, -0.15) is 0 Å². The molecule has 1 rings (SSSR count). The number of hydrogen-bond donors (Lipinski definition) is 1. The van der Waals surface area contributed by atoms with E-state index >= 15 is 0 Å². The molecule has 0 amide bonds. The average Bonchev–Trinajstić information content (AvgIpc) is 2.18. The highest BCUT2D eigenvalue weighted by Gasteiger charge is 2.23. The number of carbonyl (C=O) groups excluding carboxylic acids is 1. The number of aliphatic imine (C=N–C) groups is 1. The van der Waals surface area contributed by atoms with Crippen LogP contribution in [-0.4, -0.2) is 24.8 Å². The molecule has 1 N–H and O–H groups in total. The predicted molar refractivity (Wildman–Crippen MR) is 50.4 cm³/mol. The van der Waals surface area contributed by atoms with Gasteiger partial charge >= 0.3 is 5.97 Å². The van der Waals surface area contributed by atoms with Crippen LogP contribution in [0.1, 0.15) is 13.8 Å². The Morgan fingerprint density at radius 3 is 3.08 bits per heavy atom. The van der Waals surface area contributed by atoms with Crippen molar-refractivity contribution in [1.82, 2.24) is 5.32 Å². The minimum absolute atomic E-state index is 0.0518. The van der Waals surface area contributed by atoms with Gasteiger partial charge in [0.05, 0.1) is 18.6 Å². The Morgan fingerprint density at radius 1 is 1.77 bits per heavy atom. The maximum Gasteiger partial charge on any atom is 0.311 e. The van der Waals surface area contributed by atoms with E-state index in [4.69, 9.17) is 4.74 Å². The molecule has 0 aliphatic carbocycles. The second kappa shape index (κ2) is 4.64. The molecule has 1 aliphatic heterocycles. The van der Waals surface area contributed by atoms with Gasteiger partial charge in [0.2, 0.25) is 0 Å². The summed E-state index contributed by atoms with van der Waals surface area (Å²) in [4.78, 5) is 15.2. The molecule has 0 aromatic rings. The van der Waals surface area contributed by atoms with E-state index in [1.54, 1.807) is 25.5 Å². The summed E-state index contributed by atoms with van der Waals surface area (Å²) in [7, 11) is 0. The van der Waals surface area contributed by atoms with Crippen LogP contribution in [-0.2, 0) is 9.53 Å². The van der Waals surface area contributed by atoms with Gasteiger partial charge in [-0.15, -0.1) is 0 Å². The fraction of sp³-hybridized carbons (Fsp3) is 0.556. The van der Waals surface area contributed by atoms with Gasteiger partial charge in [0.15, 0.2) is 0 Å². The van der Waals surface area contributed by atoms with E-state index in [2.05, 4.69) is 10.3 Å². The van der Waals surface area contributed by atoms with Crippen LogP contribution in [0.5, 0.6) is 0 Å². The zero-order valence-electron chi connectivity index (χ0n) is 7.86. The van der Waals surface area contributed by atoms with Gasteiger partial charge in [-0.3, -0.25) is 9.79 Å². The largest absolute Gasteiger partial charge is 0.466 e. The molecule has 0 fully saturated rings. The molecule has 0 saturated carbocycles. The second-order valence-corrected chi connectivity index (χ2v) is 2.85. The second-order valence-electron chi connectivity index (χ2n) is 2.85. The molecule has 0 aromatic heterocycles. The molecular formula is C9H14N2O2. The fourth-order valence-corrected chi connectivity index (χ4v) is 1.08. The van der Waals surface area contributed by atoms with Crippen LogP contribution >= 0.6 is 0 Å². The Balaban J connectivity index is 2.47. The number of rotatable bonds is 3. The first-order valence-electron chi connectivity index (χ1n) is 4.36. The van der Waals surface area contributed by atoms with Gasteiger partial charge in [0.1, 0.15) is 0 Å². The first kappa shape index (κ1) is 9.77. The van der Waals surface area contributed by atoms with E-state index in [1.807, 2.05) is 6.92 Å². The maximum atomic E-state index is 11.3. The fourth-order valence-electron chi connectivity index (χ4n) is 1.08. The van der Waals surface area contributed by atoms with Crippen molar-refractivity contribution in [3.05, 3.63) is 12.4 Å². The van der Waals surface area contributed by atoms with Gasteiger partial charge in [-0.05, 0) is 13.8 Å². The molecule has 72 valence electrons. The van der Waals surface area contributed by atoms with Crippen molar-refractivity contribution in [1.29, 1.82) is 0 Å². The van der Waals surface area contributed by atoms with Gasteiger partial charge in [0.25, 0.3) is 0 Å². The summed E-state index contributed by atoms with van der Waals surface area (Å²) in [6, 6.07) is -0.0518. The van der Waals surface area contributed by atoms with Gasteiger partial charge in [0, 0.05) is 18.6 Å². The van der Waals surface area contributed by atoms with E-state index < -0.39 is 0 Å². The summed E-state index contributed by atoms with van der Waals surface area (Å²) in [5.74, 6) is -0.393. The van der Waals surface area contributed by atoms with Gasteiger partial charge < -0.3 is 10.1 Å². The van der Waals surface area contributed by atoms with Crippen LogP contribution in [0.2, 0.25) is 0 Å². The molecular weight excluding hydrogens is 168 g/mol. The average molecular weight is 182 g/mol. The lowest BCUT2D eigenvalue weighted by molar-refractivity contribution is -0.147. The smallest absolute Gasteiger partial charge is 0.311 e. The van der Waals surface area contributed by atoms with Crippen molar-refractivity contribution in [3.8, 4) is 0 Å². The highest BCUT2D eigenvalue weighted by Crippen LogP contribution is 2.06. The van der Waals surface area contributed by atoms with E-state index in [9.17, 15) is 4.79 Å². The van der Waals surface area contributed by atoms with E-state index in [-0.39, 0.29) is 17.9 Å². The number of hydrogen-bond acceptors (Lipinski definition) is 4. The first-order chi connectivity index (χ1) is 6.25. The number of carbonyl (C=O) groups is 1. The zero-order chi connectivity index (χ0) is 9.68. The van der Waals surface area contributed by atoms with Crippen molar-refractivity contribution in [2.45, 2.75) is 19.9 Å². The summed E-state index contributed by atoms with van der Waals surface area (Å²) in [5, 5.41) is 3.03. The molecule has 2 unspecified atom stereocenters. The molecule has 0 radical (unpaired) electrons. The lowest BCUT2D eigenvalue weighted by Crippen LogP contribution is -2.39. The minimum Gasteiger partial charge on any atom is -0.466 e. The normalized spacial score (nSPS) is 22.2. The standard InChI is InChI=1S/C9H14N2O2/c1-3-13-9(12)7(2)8-6-10-4-5-11-8/h4-8,11H,3H2,1-2H3. The molecule has 1 aliphatic rings. The van der Waals surface area contributed by atoms with Crippen molar-refractivity contribution in [2.24, 2.45) is 10.9 Å². The molecule has 4 nitrogen and oxygen atoms in total. The van der Waals surface area contributed by atoms with Crippen molar-refractivity contribution in [2.75, 3.05) is 6.61 Å². The lowest BCUT2D eigenvalue weighted by Gasteiger charge is -2.20. The molecule has 0 saturated heterocycles. The van der Waals surface area contributed by atoms with Crippen LogP contribution in [0.4, 0.5) is 0 Å². The third-order valence-electron chi connectivity index (χ3n) is 1.89. The number of esters is 1. The van der Waals surface area contributed by atoms with Crippen LogP contribution in [0.15, 0.2) is 17.4 Å². The Labute approximate surface area is 77.7 Å². The third kappa shape index (κ3) is 2.57. The van der Waals surface area contributed by atoms with Crippen molar-refractivity contribution in [3.63, 3.8) is 0 Å². The monoisotopic (exact) mass is 182 g/mol. The zero-order valence-corrected chi connectivity index (χ0v) is 7.86. The molecule has 0 aromatic carbocycles. The van der Waals surface area contributed by atoms with Crippen molar-refractivity contribution < 1.29 is 9.53 Å². The Morgan fingerprint density at radius 2 is 2.54 bits per heavy atom. The Hall–Kier alpha value is -1.32. The van der Waals surface area contributed by atoms with E-state index in [0.717, 1.165) is 0 Å². The van der Waals surface area contributed by atoms with Gasteiger partial charge in [-0.25, -0.2) is 0 Å². The van der Waals surface area contributed by atoms with E-state index in [0.29, 0.717) is 6.61 Å². The number of ether oxygens (including phenoxy) is 1. The summed E-state index contributed by atoms with van der Waals surface area (Å²) < 4.78 is 4.89. The first-order valence-corrected chi connectivity index (χ1v) is 4.36. The predicted octanol–water partition coefficient (Wildman–Crippen LogP) is 0.699. The number of nitrogens with zero attached hydrogens (tertiary/aromatic N) is 1. The van der Waals surface area contributed by atoms with Crippen molar-refractivity contribution >= 4 is 12.2 Å². The quantitative estimate of drug-likeness (QED) is 0.654. The molecule has 4 heteroatoms. The highest BCUT2D eigenvalue weighted by atomic mass is 16.5.